The fraction of sp³-hybridized carbons (Fsp3) is 0.688. The number of cyclic esters (lactones) is 2. The zero-order valence-electron chi connectivity index (χ0n) is 63.0. The van der Waals surface area contributed by atoms with Gasteiger partial charge in [-0.05, 0) is 132 Å². The van der Waals surface area contributed by atoms with Crippen LogP contribution in [0.2, 0.25) is 0 Å². The number of hydrogen-bond donors (Lipinski definition) is 1. The molecule has 101 heavy (non-hydrogen) atoms. The van der Waals surface area contributed by atoms with Gasteiger partial charge in [-0.1, -0.05) is 110 Å². The number of allylic oxidation sites excluding steroid dienone is 1. The molecule has 5 aliphatic heterocycles. The number of carbonyl (C=O) groups excluding carboxylic acids is 8. The minimum Gasteiger partial charge on any atom is -0.457 e. The second-order valence-corrected chi connectivity index (χ2v) is 30.8. The predicted octanol–water partition coefficient (Wildman–Crippen LogP) is 12.1. The van der Waals surface area contributed by atoms with Crippen LogP contribution in [-0.2, 0) is 73.2 Å². The molecule has 3 aromatic rings. The van der Waals surface area contributed by atoms with Crippen LogP contribution in [-0.4, -0.2) is 165 Å². The Morgan fingerprint density at radius 2 is 1.23 bits per heavy atom. The second-order valence-electron chi connectivity index (χ2n) is 30.8. The van der Waals surface area contributed by atoms with Crippen LogP contribution in [0.4, 0.5) is 9.59 Å². The minimum absolute atomic E-state index is 0.00463. The van der Waals surface area contributed by atoms with Crippen molar-refractivity contribution in [2.75, 3.05) is 6.54 Å². The average molecular weight is 1410 g/mol. The summed E-state index contributed by atoms with van der Waals surface area (Å²) in [4.78, 5) is 130. The van der Waals surface area contributed by atoms with Crippen molar-refractivity contribution in [3.63, 3.8) is 0 Å². The molecule has 24 heteroatoms. The fourth-order valence-corrected chi connectivity index (χ4v) is 16.1. The first-order chi connectivity index (χ1) is 47.4. The molecule has 4 saturated heterocycles. The Kier molecular flexibility index (Phi) is 27.3. The molecule has 24 nitrogen and oxygen atoms in total. The van der Waals surface area contributed by atoms with Gasteiger partial charge in [0.05, 0.1) is 43.0 Å². The highest BCUT2D eigenvalue weighted by molar-refractivity contribution is 6.01. The third-order valence-corrected chi connectivity index (χ3v) is 21.9. The van der Waals surface area contributed by atoms with Crippen LogP contribution in [0.3, 0.4) is 0 Å². The SMILES string of the molecule is C=C[C@]1(OC(=O)n2ccnc2)/C=C(\C)C(=O)[C@H](C)CC(C)(C)[C@H](O[C@@H]2O[C@H](C)C[C@H](C)[C@H]2C)[C@@H](C)C(=O)[C@@H](C)C(=O)O[C@@H]1CC.C=C[C@]12OC(=O)N(CCCCn3cnc(-c4cnccn4)c3)[C@@H]1[C@@H](C)C(=O)[C@H](C)CC(C)(C)[C@H](O[C@@H]1O[C@H](C)C[C@H](C)[C@H]1O)[C@@H](C)C(=O)[C@@H](C)C(=O)O[C@@H]2CC. The molecule has 0 aliphatic carbocycles. The Bertz CT molecular complexity index is 3420. The largest absolute Gasteiger partial charge is 0.457 e. The molecular weight excluding hydrogens is 1290 g/mol. The Morgan fingerprint density at radius 3 is 1.78 bits per heavy atom. The van der Waals surface area contributed by atoms with Gasteiger partial charge in [-0.2, -0.15) is 0 Å². The number of ketones is 4. The number of aliphatic hydroxyl groups is 1. The van der Waals surface area contributed by atoms with Crippen LogP contribution in [0.5, 0.6) is 0 Å². The van der Waals surface area contributed by atoms with Crippen molar-refractivity contribution in [2.45, 2.75) is 262 Å². The number of amides is 1. The topological polar surface area (TPSA) is 295 Å². The van der Waals surface area contributed by atoms with Gasteiger partial charge in [0.1, 0.15) is 53.6 Å². The third-order valence-electron chi connectivity index (χ3n) is 21.9. The van der Waals surface area contributed by atoms with Gasteiger partial charge in [0.2, 0.25) is 0 Å². The Labute approximate surface area is 596 Å². The quantitative estimate of drug-likeness (QED) is 0.0486. The van der Waals surface area contributed by atoms with Crippen molar-refractivity contribution in [3.05, 3.63) is 86.8 Å². The summed E-state index contributed by atoms with van der Waals surface area (Å²) in [5.41, 5.74) is -3.06. The molecule has 3 aromatic heterocycles. The molecule has 558 valence electrons. The summed E-state index contributed by atoms with van der Waals surface area (Å²) in [7, 11) is 0. The number of rotatable bonds is 15. The maximum Gasteiger partial charge on any atom is 0.420 e. The maximum absolute atomic E-state index is 14.7. The molecule has 8 heterocycles. The van der Waals surface area contributed by atoms with Gasteiger partial charge in [-0.3, -0.25) is 43.6 Å². The maximum atomic E-state index is 14.7. The van der Waals surface area contributed by atoms with E-state index in [-0.39, 0.29) is 60.8 Å². The molecule has 0 spiro atoms. The molecule has 0 aromatic carbocycles. The number of nitrogens with zero attached hydrogens (tertiary/aromatic N) is 7. The summed E-state index contributed by atoms with van der Waals surface area (Å²) in [6, 6.07) is -0.853. The summed E-state index contributed by atoms with van der Waals surface area (Å²) >= 11 is 0. The van der Waals surface area contributed by atoms with E-state index in [2.05, 4.69) is 46.9 Å². The molecule has 0 radical (unpaired) electrons. The van der Waals surface area contributed by atoms with Crippen molar-refractivity contribution in [1.82, 2.24) is 34.0 Å². The number of Topliss-reactive ketones (excluding diaryl/α,β-unsaturated/α-hetero) is 4. The predicted molar refractivity (Wildman–Crippen MR) is 376 cm³/mol. The van der Waals surface area contributed by atoms with Crippen molar-refractivity contribution >= 4 is 47.3 Å². The molecular formula is C77H113N7O17. The van der Waals surface area contributed by atoms with Gasteiger partial charge in [-0.25, -0.2) is 24.1 Å². The number of imidazole rings is 2. The van der Waals surface area contributed by atoms with Crippen LogP contribution < -0.4 is 0 Å². The van der Waals surface area contributed by atoms with Gasteiger partial charge >= 0.3 is 24.1 Å². The van der Waals surface area contributed by atoms with Crippen molar-refractivity contribution in [2.24, 2.45) is 70.0 Å². The first kappa shape index (κ1) is 81.2. The normalized spacial score (nSPS) is 36.7. The molecule has 5 aliphatic rings. The van der Waals surface area contributed by atoms with E-state index in [0.29, 0.717) is 61.5 Å². The smallest absolute Gasteiger partial charge is 0.420 e. The van der Waals surface area contributed by atoms with Gasteiger partial charge < -0.3 is 47.6 Å². The fourth-order valence-electron chi connectivity index (χ4n) is 16.1. The van der Waals surface area contributed by atoms with E-state index in [4.69, 9.17) is 37.9 Å². The number of aromatic nitrogens is 6. The zero-order valence-corrected chi connectivity index (χ0v) is 63.0. The van der Waals surface area contributed by atoms with E-state index in [0.717, 1.165) is 11.0 Å². The zero-order chi connectivity index (χ0) is 75.0. The van der Waals surface area contributed by atoms with Crippen LogP contribution in [0.1, 0.15) is 183 Å². The number of esters is 2. The monoisotopic (exact) mass is 1410 g/mol. The minimum atomic E-state index is -1.70. The second kappa shape index (κ2) is 34.0. The lowest BCUT2D eigenvalue weighted by atomic mass is 9.69. The van der Waals surface area contributed by atoms with E-state index >= 15 is 0 Å². The lowest BCUT2D eigenvalue weighted by Crippen LogP contribution is -2.58. The van der Waals surface area contributed by atoms with Gasteiger partial charge in [-0.15, -0.1) is 0 Å². The lowest BCUT2D eigenvalue weighted by molar-refractivity contribution is -0.284. The van der Waals surface area contributed by atoms with Gasteiger partial charge in [0.15, 0.2) is 41.1 Å². The van der Waals surface area contributed by atoms with E-state index in [9.17, 15) is 43.5 Å². The number of fused-ring (bicyclic) bond motifs is 1. The number of carbonyl (C=O) groups is 8. The first-order valence-corrected chi connectivity index (χ1v) is 36.2. The van der Waals surface area contributed by atoms with E-state index < -0.39 is 143 Å². The molecule has 4 fully saturated rings. The van der Waals surface area contributed by atoms with E-state index in [1.807, 2.05) is 73.1 Å². The molecule has 22 atom stereocenters. The highest BCUT2D eigenvalue weighted by Crippen LogP contribution is 2.47. The molecule has 0 unspecified atom stereocenters. The summed E-state index contributed by atoms with van der Waals surface area (Å²) in [6.45, 7) is 44.0. The number of unbranched alkanes of at least 4 members (excludes halogenated alkanes) is 1. The molecule has 1 N–H and O–H groups in total. The summed E-state index contributed by atoms with van der Waals surface area (Å²) in [5, 5.41) is 11.1. The molecule has 8 rings (SSSR count). The first-order valence-electron chi connectivity index (χ1n) is 36.2. The Hall–Kier alpha value is -7.12. The Balaban J connectivity index is 0.000000291. The summed E-state index contributed by atoms with van der Waals surface area (Å²) in [6.07, 6.45) is 13.2. The highest BCUT2D eigenvalue weighted by Gasteiger charge is 2.62. The van der Waals surface area contributed by atoms with Gasteiger partial charge in [0, 0.05) is 79.6 Å². The van der Waals surface area contributed by atoms with E-state index in [1.165, 1.54) is 50.8 Å². The molecule has 1 amide bonds. The number of aliphatic hydroxyl groups excluding tert-OH is 1. The van der Waals surface area contributed by atoms with E-state index in [1.54, 1.807) is 71.4 Å². The van der Waals surface area contributed by atoms with Crippen LogP contribution in [0, 0.1) is 70.0 Å². The van der Waals surface area contributed by atoms with Crippen molar-refractivity contribution in [3.8, 4) is 11.4 Å². The number of hydrogen-bond acceptors (Lipinski definition) is 21. The highest BCUT2D eigenvalue weighted by atomic mass is 16.7. The summed E-state index contributed by atoms with van der Waals surface area (Å²) in [5.74, 6) is -7.94. The van der Waals surface area contributed by atoms with Crippen molar-refractivity contribution in [1.29, 1.82) is 0 Å². The number of aryl methyl sites for hydroxylation is 1. The van der Waals surface area contributed by atoms with Gasteiger partial charge in [0.25, 0.3) is 0 Å². The van der Waals surface area contributed by atoms with Crippen molar-refractivity contribution < 1.29 is 81.4 Å². The molecule has 0 saturated carbocycles. The average Bonchev–Trinajstić information content (AvgIpc) is 1.62. The Morgan fingerprint density at radius 1 is 0.663 bits per heavy atom. The van der Waals surface area contributed by atoms with Crippen LogP contribution in [0.25, 0.3) is 11.4 Å². The number of ether oxygens (including phenoxy) is 8. The third kappa shape index (κ3) is 18.3. The summed E-state index contributed by atoms with van der Waals surface area (Å²) < 4.78 is 52.8. The standard InChI is InChI=1S/C42H61N5O9.C35H52N2O8/c1-11-32-42(12-2)36(47(40(52)56-42)18-14-13-17-46-22-31(45-23-46)30-21-43-15-16-44-30)27(6)33(48)25(4)20-41(9,10)37(28(7)35(50)29(8)38(51)54-32)55-39-34(49)24(3)19-26(5)53-39;1-12-27-35(13-2,45-33(41)37-15-14-36-19-37)18-22(5)28(38)21(4)17-34(10,11)30(25(8)29(39)26(9)31(40)43-27)44-32-24(7)20(3)16-23(6)42-32/h12,15-16,21-29,32,34,36-37,39,49H,2,11,13-14,17-20H2,1,3-10H3;13-15,18-21,23-27,30,32H,2,12,16-17H2,1,3-11H3/b;22-18+/t24-,25+,26+,27-,28-,29+,32+,34+,36+,37+,39-,42+;20-,21+,23+,24+,25-,26+,27+,30+,32-,35-/m00/s1. The van der Waals surface area contributed by atoms with Crippen LogP contribution >= 0.6 is 0 Å². The lowest BCUT2D eigenvalue weighted by Gasteiger charge is -2.45. The molecule has 0 bridgehead atoms. The van der Waals surface area contributed by atoms with Crippen LogP contribution in [0.15, 0.2) is 86.8 Å².